The van der Waals surface area contributed by atoms with Crippen LogP contribution in [0, 0.1) is 11.3 Å². The average molecular weight is 309 g/mol. The van der Waals surface area contributed by atoms with E-state index in [9.17, 15) is 9.59 Å². The van der Waals surface area contributed by atoms with Crippen LogP contribution in [0.25, 0.3) is 0 Å². The first kappa shape index (κ1) is 17.4. The van der Waals surface area contributed by atoms with Crippen molar-refractivity contribution in [3.8, 4) is 0 Å². The van der Waals surface area contributed by atoms with Gasteiger partial charge in [-0.05, 0) is 38.0 Å². The summed E-state index contributed by atoms with van der Waals surface area (Å²) < 4.78 is 0. The molecule has 0 aromatic carbocycles. The van der Waals surface area contributed by atoms with Crippen LogP contribution in [0.2, 0.25) is 0 Å². The molecule has 1 aliphatic heterocycles. The Hall–Kier alpha value is -0.940. The SMILES string of the molecule is CC(C)C[C@H](NC(=O)CNN1CCCCC1)C(=O)C1(C)CC1. The van der Waals surface area contributed by atoms with E-state index in [1.165, 1.54) is 19.3 Å². The third kappa shape index (κ3) is 5.06. The second-order valence-electron chi connectivity index (χ2n) is 7.56. The number of hydrogen-bond donors (Lipinski definition) is 2. The van der Waals surface area contributed by atoms with Gasteiger partial charge in [-0.3, -0.25) is 9.59 Å². The molecule has 0 aromatic rings. The molecule has 5 nitrogen and oxygen atoms in total. The fourth-order valence-electron chi connectivity index (χ4n) is 3.04. The Morgan fingerprint density at radius 1 is 1.14 bits per heavy atom. The van der Waals surface area contributed by atoms with Crippen LogP contribution in [0.15, 0.2) is 0 Å². The van der Waals surface area contributed by atoms with Gasteiger partial charge in [-0.25, -0.2) is 10.4 Å². The number of nitrogens with one attached hydrogen (secondary N) is 2. The number of amides is 1. The molecule has 2 rings (SSSR count). The van der Waals surface area contributed by atoms with Crippen LogP contribution in [0.4, 0.5) is 0 Å². The Morgan fingerprint density at radius 3 is 2.32 bits per heavy atom. The van der Waals surface area contributed by atoms with Gasteiger partial charge in [0.1, 0.15) is 0 Å². The van der Waals surface area contributed by atoms with Crippen LogP contribution in [0.1, 0.15) is 59.3 Å². The zero-order valence-corrected chi connectivity index (χ0v) is 14.3. The van der Waals surface area contributed by atoms with Gasteiger partial charge in [0.25, 0.3) is 0 Å². The van der Waals surface area contributed by atoms with Crippen molar-refractivity contribution in [1.29, 1.82) is 0 Å². The maximum Gasteiger partial charge on any atom is 0.235 e. The van der Waals surface area contributed by atoms with E-state index in [1.54, 1.807) is 0 Å². The molecular formula is C17H31N3O2. The number of hydrogen-bond acceptors (Lipinski definition) is 4. The summed E-state index contributed by atoms with van der Waals surface area (Å²) in [4.78, 5) is 24.7. The second-order valence-corrected chi connectivity index (χ2v) is 7.56. The summed E-state index contributed by atoms with van der Waals surface area (Å²) in [6.45, 7) is 8.46. The molecule has 0 bridgehead atoms. The average Bonchev–Trinajstić information content (AvgIpc) is 3.23. The van der Waals surface area contributed by atoms with E-state index < -0.39 is 0 Å². The van der Waals surface area contributed by atoms with Crippen LogP contribution in [0.5, 0.6) is 0 Å². The Morgan fingerprint density at radius 2 is 1.77 bits per heavy atom. The fraction of sp³-hybridized carbons (Fsp3) is 0.882. The van der Waals surface area contributed by atoms with E-state index in [0.29, 0.717) is 5.92 Å². The van der Waals surface area contributed by atoms with E-state index in [4.69, 9.17) is 0 Å². The number of carbonyl (C=O) groups is 2. The van der Waals surface area contributed by atoms with Crippen LogP contribution in [-0.4, -0.2) is 42.4 Å². The quantitative estimate of drug-likeness (QED) is 0.719. The Labute approximate surface area is 134 Å². The first-order chi connectivity index (χ1) is 10.4. The van der Waals surface area contributed by atoms with Gasteiger partial charge in [0, 0.05) is 18.5 Å². The van der Waals surface area contributed by atoms with Crippen LogP contribution in [0.3, 0.4) is 0 Å². The molecule has 22 heavy (non-hydrogen) atoms. The molecule has 1 aliphatic carbocycles. The van der Waals surface area contributed by atoms with Crippen molar-refractivity contribution in [2.24, 2.45) is 11.3 Å². The molecule has 1 saturated heterocycles. The Bertz CT molecular complexity index is 399. The maximum absolute atomic E-state index is 12.6. The Kier molecular flexibility index (Phi) is 5.98. The minimum atomic E-state index is -0.330. The summed E-state index contributed by atoms with van der Waals surface area (Å²) in [6, 6.07) is -0.330. The van der Waals surface area contributed by atoms with E-state index in [2.05, 4.69) is 29.6 Å². The van der Waals surface area contributed by atoms with Gasteiger partial charge in [-0.2, -0.15) is 0 Å². The first-order valence-electron chi connectivity index (χ1n) is 8.73. The van der Waals surface area contributed by atoms with Gasteiger partial charge in [0.05, 0.1) is 12.6 Å². The van der Waals surface area contributed by atoms with Gasteiger partial charge in [0.2, 0.25) is 5.91 Å². The van der Waals surface area contributed by atoms with Gasteiger partial charge in [-0.15, -0.1) is 0 Å². The van der Waals surface area contributed by atoms with Gasteiger partial charge < -0.3 is 5.32 Å². The Balaban J connectivity index is 1.80. The minimum absolute atomic E-state index is 0.0752. The smallest absolute Gasteiger partial charge is 0.235 e. The number of carbonyl (C=O) groups excluding carboxylic acids is 2. The zero-order valence-electron chi connectivity index (χ0n) is 14.3. The normalized spacial score (nSPS) is 22.4. The lowest BCUT2D eigenvalue weighted by Gasteiger charge is -2.27. The van der Waals surface area contributed by atoms with Gasteiger partial charge in [-0.1, -0.05) is 27.2 Å². The van der Waals surface area contributed by atoms with E-state index in [1.807, 2.05) is 6.92 Å². The number of piperidine rings is 1. The number of hydrazine groups is 1. The van der Waals surface area contributed by atoms with E-state index in [0.717, 1.165) is 32.4 Å². The molecule has 126 valence electrons. The van der Waals surface area contributed by atoms with Gasteiger partial charge in [0.15, 0.2) is 5.78 Å². The molecule has 1 atom stereocenters. The van der Waals surface area contributed by atoms with Crippen LogP contribution in [-0.2, 0) is 9.59 Å². The highest BCUT2D eigenvalue weighted by Crippen LogP contribution is 2.46. The molecule has 0 spiro atoms. The summed E-state index contributed by atoms with van der Waals surface area (Å²) >= 11 is 0. The zero-order chi connectivity index (χ0) is 16.2. The predicted octanol–water partition coefficient (Wildman–Crippen LogP) is 1.88. The van der Waals surface area contributed by atoms with E-state index >= 15 is 0 Å². The highest BCUT2D eigenvalue weighted by Gasteiger charge is 2.47. The number of nitrogens with zero attached hydrogens (tertiary/aromatic N) is 1. The molecule has 1 heterocycles. The minimum Gasteiger partial charge on any atom is -0.345 e. The molecule has 2 N–H and O–H groups in total. The summed E-state index contributed by atoms with van der Waals surface area (Å²) in [6.07, 6.45) is 6.28. The number of Topliss-reactive ketones (excluding diaryl/α,β-unsaturated/α-hetero) is 1. The van der Waals surface area contributed by atoms with E-state index in [-0.39, 0.29) is 29.7 Å². The molecule has 1 amide bonds. The largest absolute Gasteiger partial charge is 0.345 e. The van der Waals surface area contributed by atoms with Crippen LogP contribution >= 0.6 is 0 Å². The summed E-state index contributed by atoms with van der Waals surface area (Å²) in [7, 11) is 0. The highest BCUT2D eigenvalue weighted by atomic mass is 16.2. The number of rotatable bonds is 8. The third-order valence-corrected chi connectivity index (χ3v) is 4.77. The first-order valence-corrected chi connectivity index (χ1v) is 8.73. The molecule has 0 unspecified atom stereocenters. The summed E-state index contributed by atoms with van der Waals surface area (Å²) in [5.41, 5.74) is 3.00. The van der Waals surface area contributed by atoms with Crippen LogP contribution < -0.4 is 10.7 Å². The lowest BCUT2D eigenvalue weighted by Crippen LogP contribution is -2.50. The van der Waals surface area contributed by atoms with Crippen molar-refractivity contribution in [3.05, 3.63) is 0 Å². The third-order valence-electron chi connectivity index (χ3n) is 4.77. The fourth-order valence-corrected chi connectivity index (χ4v) is 3.04. The standard InChI is InChI=1S/C17H31N3O2/c1-13(2)11-14(16(22)17(3)7-8-17)19-15(21)12-18-20-9-5-4-6-10-20/h13-14,18H,4-12H2,1-3H3,(H,19,21)/t14-/m0/s1. The topological polar surface area (TPSA) is 61.4 Å². The van der Waals surface area contributed by atoms with Crippen molar-refractivity contribution < 1.29 is 9.59 Å². The van der Waals surface area contributed by atoms with Crippen molar-refractivity contribution in [1.82, 2.24) is 15.8 Å². The maximum atomic E-state index is 12.6. The van der Waals surface area contributed by atoms with Crippen molar-refractivity contribution >= 4 is 11.7 Å². The van der Waals surface area contributed by atoms with Crippen molar-refractivity contribution in [2.45, 2.75) is 65.3 Å². The molecular weight excluding hydrogens is 278 g/mol. The summed E-state index contributed by atoms with van der Waals surface area (Å²) in [5.74, 6) is 0.535. The van der Waals surface area contributed by atoms with Gasteiger partial charge >= 0.3 is 0 Å². The van der Waals surface area contributed by atoms with Crippen molar-refractivity contribution in [3.63, 3.8) is 0 Å². The lowest BCUT2D eigenvalue weighted by atomic mass is 9.91. The summed E-state index contributed by atoms with van der Waals surface area (Å²) in [5, 5.41) is 5.07. The monoisotopic (exact) mass is 309 g/mol. The molecule has 5 heteroatoms. The lowest BCUT2D eigenvalue weighted by molar-refractivity contribution is -0.131. The molecule has 0 radical (unpaired) electrons. The molecule has 1 saturated carbocycles. The number of ketones is 1. The van der Waals surface area contributed by atoms with Crippen molar-refractivity contribution in [2.75, 3.05) is 19.6 Å². The molecule has 0 aromatic heterocycles. The molecule has 2 aliphatic rings. The highest BCUT2D eigenvalue weighted by molar-refractivity contribution is 5.94. The molecule has 2 fully saturated rings. The predicted molar refractivity (Wildman–Crippen MR) is 87.2 cm³/mol. The second kappa shape index (κ2) is 7.55.